The smallest absolute Gasteiger partial charge is 0.122 e. The molecular formula is C15H22N2O2. The lowest BCUT2D eigenvalue weighted by Crippen LogP contribution is -2.42. The molecule has 0 radical (unpaired) electrons. The number of hydrogen-bond acceptors (Lipinski definition) is 4. The molecule has 2 unspecified atom stereocenters. The number of ether oxygens (including phenoxy) is 2. The van der Waals surface area contributed by atoms with Gasteiger partial charge in [-0.05, 0) is 37.1 Å². The Balaban J connectivity index is 1.64. The van der Waals surface area contributed by atoms with Crippen molar-refractivity contribution >= 4 is 0 Å². The minimum absolute atomic E-state index is 0.171. The summed E-state index contributed by atoms with van der Waals surface area (Å²) >= 11 is 0. The molecule has 0 aromatic heterocycles. The molecule has 4 nitrogen and oxygen atoms in total. The van der Waals surface area contributed by atoms with Gasteiger partial charge in [-0.1, -0.05) is 12.1 Å². The van der Waals surface area contributed by atoms with Crippen LogP contribution in [0, 0.1) is 0 Å². The molecule has 1 fully saturated rings. The van der Waals surface area contributed by atoms with Crippen LogP contribution in [0.3, 0.4) is 0 Å². The van der Waals surface area contributed by atoms with E-state index in [1.54, 1.807) is 0 Å². The van der Waals surface area contributed by atoms with Crippen LogP contribution in [0.4, 0.5) is 0 Å². The molecule has 1 aromatic rings. The van der Waals surface area contributed by atoms with E-state index in [0.717, 1.165) is 38.3 Å². The van der Waals surface area contributed by atoms with Crippen molar-refractivity contribution in [3.05, 3.63) is 29.3 Å². The number of nitrogens with two attached hydrogens (primary N) is 1. The molecule has 1 saturated heterocycles. The average Bonchev–Trinajstić information content (AvgIpc) is 2.79. The molecule has 0 saturated carbocycles. The second-order valence-electron chi connectivity index (χ2n) is 5.54. The molecule has 0 spiro atoms. The third-order valence-electron chi connectivity index (χ3n) is 4.04. The highest BCUT2D eigenvalue weighted by molar-refractivity contribution is 5.44. The number of fused-ring (bicyclic) bond motifs is 1. The Bertz CT molecular complexity index is 450. The number of nitrogens with zero attached hydrogens (tertiary/aromatic N) is 1. The maximum atomic E-state index is 6.09. The van der Waals surface area contributed by atoms with Crippen LogP contribution in [-0.4, -0.2) is 44.4 Å². The number of morpholine rings is 1. The molecule has 2 atom stereocenters. The maximum Gasteiger partial charge on any atom is 0.122 e. The van der Waals surface area contributed by atoms with Gasteiger partial charge in [0, 0.05) is 19.1 Å². The van der Waals surface area contributed by atoms with Crippen LogP contribution in [0.2, 0.25) is 0 Å². The monoisotopic (exact) mass is 262 g/mol. The number of hydrogen-bond donors (Lipinski definition) is 1. The van der Waals surface area contributed by atoms with Gasteiger partial charge in [0.2, 0.25) is 0 Å². The first kappa shape index (κ1) is 12.9. The lowest BCUT2D eigenvalue weighted by atomic mass is 10.1. The van der Waals surface area contributed by atoms with Gasteiger partial charge in [-0.25, -0.2) is 0 Å². The Morgan fingerprint density at radius 2 is 2.37 bits per heavy atom. The fraction of sp³-hybridized carbons (Fsp3) is 0.600. The molecule has 1 aromatic carbocycles. The van der Waals surface area contributed by atoms with Crippen molar-refractivity contribution in [3.8, 4) is 5.75 Å². The van der Waals surface area contributed by atoms with Crippen LogP contribution in [0.15, 0.2) is 18.2 Å². The first-order valence-electron chi connectivity index (χ1n) is 7.04. The summed E-state index contributed by atoms with van der Waals surface area (Å²) in [6.45, 7) is 3.36. The van der Waals surface area contributed by atoms with Crippen molar-refractivity contribution in [1.82, 2.24) is 4.90 Å². The van der Waals surface area contributed by atoms with E-state index >= 15 is 0 Å². The zero-order chi connectivity index (χ0) is 13.2. The normalized spacial score (nSPS) is 27.3. The molecule has 4 heteroatoms. The molecule has 19 heavy (non-hydrogen) atoms. The molecular weight excluding hydrogens is 240 g/mol. The van der Waals surface area contributed by atoms with Crippen LogP contribution >= 0.6 is 0 Å². The summed E-state index contributed by atoms with van der Waals surface area (Å²) in [6.07, 6.45) is 2.22. The van der Waals surface area contributed by atoms with Crippen molar-refractivity contribution in [2.45, 2.75) is 25.0 Å². The quantitative estimate of drug-likeness (QED) is 0.893. The number of benzene rings is 1. The molecule has 0 bridgehead atoms. The first-order valence-corrected chi connectivity index (χ1v) is 7.04. The third kappa shape index (κ3) is 2.76. The maximum absolute atomic E-state index is 6.09. The molecule has 3 rings (SSSR count). The van der Waals surface area contributed by atoms with Gasteiger partial charge in [0.15, 0.2) is 0 Å². The summed E-state index contributed by atoms with van der Waals surface area (Å²) in [5.41, 5.74) is 8.63. The van der Waals surface area contributed by atoms with Gasteiger partial charge in [-0.15, -0.1) is 0 Å². The summed E-state index contributed by atoms with van der Waals surface area (Å²) in [4.78, 5) is 2.28. The zero-order valence-corrected chi connectivity index (χ0v) is 11.5. The second-order valence-corrected chi connectivity index (χ2v) is 5.54. The van der Waals surface area contributed by atoms with Gasteiger partial charge in [0.05, 0.1) is 6.61 Å². The fourth-order valence-corrected chi connectivity index (χ4v) is 2.94. The fourth-order valence-electron chi connectivity index (χ4n) is 2.94. The summed E-state index contributed by atoms with van der Waals surface area (Å²) in [7, 11) is 2.12. The van der Waals surface area contributed by atoms with Crippen molar-refractivity contribution in [1.29, 1.82) is 0 Å². The highest BCUT2D eigenvalue weighted by Crippen LogP contribution is 2.35. The van der Waals surface area contributed by atoms with Gasteiger partial charge < -0.3 is 20.1 Å². The minimum atomic E-state index is 0.171. The minimum Gasteiger partial charge on any atom is -0.491 e. The summed E-state index contributed by atoms with van der Waals surface area (Å²) in [6, 6.07) is 6.37. The Labute approximate surface area is 114 Å². The Morgan fingerprint density at radius 1 is 1.47 bits per heavy atom. The molecule has 1 aliphatic heterocycles. The molecule has 1 aliphatic carbocycles. The molecule has 0 amide bonds. The first-order chi connectivity index (χ1) is 9.24. The summed E-state index contributed by atoms with van der Waals surface area (Å²) < 4.78 is 11.7. The second kappa shape index (κ2) is 5.49. The van der Waals surface area contributed by atoms with E-state index in [1.165, 1.54) is 11.1 Å². The van der Waals surface area contributed by atoms with Crippen molar-refractivity contribution in [2.75, 3.05) is 33.4 Å². The van der Waals surface area contributed by atoms with E-state index in [-0.39, 0.29) is 12.1 Å². The predicted octanol–water partition coefficient (Wildman–Crippen LogP) is 1.34. The topological polar surface area (TPSA) is 47.7 Å². The van der Waals surface area contributed by atoms with E-state index in [4.69, 9.17) is 15.2 Å². The molecule has 2 N–H and O–H groups in total. The lowest BCUT2D eigenvalue weighted by molar-refractivity contribution is -0.0404. The SMILES string of the molecule is CN1CCOC(COc2cccc3c2CCC3N)C1. The Morgan fingerprint density at radius 3 is 3.21 bits per heavy atom. The van der Waals surface area contributed by atoms with E-state index in [1.807, 2.05) is 12.1 Å². The van der Waals surface area contributed by atoms with E-state index in [2.05, 4.69) is 18.0 Å². The third-order valence-corrected chi connectivity index (χ3v) is 4.04. The largest absolute Gasteiger partial charge is 0.491 e. The standard InChI is InChI=1S/C15H22N2O2/c1-17-7-8-18-11(9-17)10-19-15-4-2-3-12-13(15)5-6-14(12)16/h2-4,11,14H,5-10,16H2,1H3. The Kier molecular flexibility index (Phi) is 3.73. The van der Waals surface area contributed by atoms with Crippen molar-refractivity contribution in [3.63, 3.8) is 0 Å². The lowest BCUT2D eigenvalue weighted by Gasteiger charge is -2.30. The summed E-state index contributed by atoms with van der Waals surface area (Å²) in [5, 5.41) is 0. The van der Waals surface area contributed by atoms with E-state index in [9.17, 15) is 0 Å². The number of likely N-dealkylation sites (N-methyl/N-ethyl adjacent to an activating group) is 1. The van der Waals surface area contributed by atoms with Crippen LogP contribution in [-0.2, 0) is 11.2 Å². The van der Waals surface area contributed by atoms with Gasteiger partial charge in [0.1, 0.15) is 18.5 Å². The van der Waals surface area contributed by atoms with Crippen LogP contribution in [0.1, 0.15) is 23.6 Å². The van der Waals surface area contributed by atoms with Crippen LogP contribution in [0.5, 0.6) is 5.75 Å². The number of rotatable bonds is 3. The van der Waals surface area contributed by atoms with Gasteiger partial charge in [0.25, 0.3) is 0 Å². The van der Waals surface area contributed by atoms with E-state index < -0.39 is 0 Å². The van der Waals surface area contributed by atoms with Crippen LogP contribution in [0.25, 0.3) is 0 Å². The molecule has 1 heterocycles. The predicted molar refractivity (Wildman–Crippen MR) is 74.4 cm³/mol. The highest BCUT2D eigenvalue weighted by Gasteiger charge is 2.23. The zero-order valence-electron chi connectivity index (χ0n) is 11.5. The average molecular weight is 262 g/mol. The van der Waals surface area contributed by atoms with Crippen LogP contribution < -0.4 is 10.5 Å². The van der Waals surface area contributed by atoms with Gasteiger partial charge in [-0.2, -0.15) is 0 Å². The van der Waals surface area contributed by atoms with Gasteiger partial charge in [-0.3, -0.25) is 0 Å². The molecule has 104 valence electrons. The van der Waals surface area contributed by atoms with Gasteiger partial charge >= 0.3 is 0 Å². The van der Waals surface area contributed by atoms with Crippen molar-refractivity contribution in [2.24, 2.45) is 5.73 Å². The Hall–Kier alpha value is -1.10. The summed E-state index contributed by atoms with van der Waals surface area (Å²) in [5.74, 6) is 0.988. The van der Waals surface area contributed by atoms with E-state index in [0.29, 0.717) is 6.61 Å². The molecule has 2 aliphatic rings. The van der Waals surface area contributed by atoms with Crippen molar-refractivity contribution < 1.29 is 9.47 Å². The highest BCUT2D eigenvalue weighted by atomic mass is 16.5.